The quantitative estimate of drug-likeness (QED) is 0.758. The summed E-state index contributed by atoms with van der Waals surface area (Å²) in [6.07, 6.45) is -4.61. The second-order valence-corrected chi connectivity index (χ2v) is 7.61. The molecule has 0 saturated carbocycles. The van der Waals surface area contributed by atoms with Crippen LogP contribution in [0.4, 0.5) is 24.7 Å². The Labute approximate surface area is 150 Å². The maximum absolute atomic E-state index is 13.3. The molecule has 1 fully saturated rings. The van der Waals surface area contributed by atoms with E-state index in [4.69, 9.17) is 4.74 Å². The SMILES string of the molecule is COc1nc2c(cc1C(F)(F)F)N(C)C(=O)[C@@H]1CN(C(C)(C)C)CCN21. The lowest BCUT2D eigenvalue weighted by Gasteiger charge is -2.50. The number of fused-ring (bicyclic) bond motifs is 3. The van der Waals surface area contributed by atoms with Gasteiger partial charge in [0.2, 0.25) is 5.88 Å². The van der Waals surface area contributed by atoms with E-state index in [1.54, 1.807) is 4.90 Å². The third kappa shape index (κ3) is 2.98. The first-order valence-corrected chi connectivity index (χ1v) is 8.40. The highest BCUT2D eigenvalue weighted by Crippen LogP contribution is 2.43. The van der Waals surface area contributed by atoms with Crippen molar-refractivity contribution in [3.63, 3.8) is 0 Å². The van der Waals surface area contributed by atoms with E-state index in [1.807, 2.05) is 0 Å². The molecule has 3 heterocycles. The van der Waals surface area contributed by atoms with Crippen LogP contribution in [0.3, 0.4) is 0 Å². The zero-order chi connectivity index (χ0) is 19.4. The van der Waals surface area contributed by atoms with Gasteiger partial charge in [-0.15, -0.1) is 0 Å². The van der Waals surface area contributed by atoms with Gasteiger partial charge >= 0.3 is 6.18 Å². The number of hydrogen-bond acceptors (Lipinski definition) is 5. The number of pyridine rings is 1. The van der Waals surface area contributed by atoms with E-state index in [1.165, 1.54) is 11.9 Å². The summed E-state index contributed by atoms with van der Waals surface area (Å²) in [6, 6.07) is 0.472. The average molecular weight is 372 g/mol. The fourth-order valence-corrected chi connectivity index (χ4v) is 3.49. The Morgan fingerprint density at radius 1 is 1.23 bits per heavy atom. The summed E-state index contributed by atoms with van der Waals surface area (Å²) < 4.78 is 44.8. The van der Waals surface area contributed by atoms with Crippen LogP contribution in [0, 0.1) is 0 Å². The molecule has 1 aromatic rings. The maximum atomic E-state index is 13.3. The van der Waals surface area contributed by atoms with Crippen LogP contribution in [-0.4, -0.2) is 61.2 Å². The van der Waals surface area contributed by atoms with Crippen molar-refractivity contribution < 1.29 is 22.7 Å². The smallest absolute Gasteiger partial charge is 0.421 e. The number of ether oxygens (including phenoxy) is 1. The normalized spacial score (nSPS) is 21.5. The minimum atomic E-state index is -4.61. The van der Waals surface area contributed by atoms with Gasteiger partial charge in [0.1, 0.15) is 11.6 Å². The van der Waals surface area contributed by atoms with Crippen LogP contribution in [-0.2, 0) is 11.0 Å². The minimum absolute atomic E-state index is 0.101. The number of amides is 1. The fourth-order valence-electron chi connectivity index (χ4n) is 3.49. The van der Waals surface area contributed by atoms with Gasteiger partial charge in [-0.1, -0.05) is 0 Å². The lowest BCUT2D eigenvalue weighted by Crippen LogP contribution is -2.65. The van der Waals surface area contributed by atoms with Crippen molar-refractivity contribution >= 4 is 17.4 Å². The zero-order valence-electron chi connectivity index (χ0n) is 15.5. The zero-order valence-corrected chi connectivity index (χ0v) is 15.5. The standard InChI is InChI=1S/C17H23F3N4O2/c1-16(2,3)23-6-7-24-12(9-23)15(25)22(4)11-8-10(17(18,19)20)14(26-5)21-13(11)24/h8,12H,6-7,9H2,1-5H3/t12-/m0/s1. The fraction of sp³-hybridized carbons (Fsp3) is 0.647. The van der Waals surface area contributed by atoms with Gasteiger partial charge < -0.3 is 14.5 Å². The number of likely N-dealkylation sites (N-methyl/N-ethyl adjacent to an activating group) is 1. The Morgan fingerprint density at radius 2 is 1.88 bits per heavy atom. The molecule has 3 rings (SSSR count). The van der Waals surface area contributed by atoms with Crippen molar-refractivity contribution in [2.75, 3.05) is 43.6 Å². The number of methoxy groups -OCH3 is 1. The first kappa shape index (κ1) is 18.8. The first-order chi connectivity index (χ1) is 11.9. The molecular formula is C17H23F3N4O2. The van der Waals surface area contributed by atoms with Crippen molar-refractivity contribution in [2.24, 2.45) is 0 Å². The lowest BCUT2D eigenvalue weighted by molar-refractivity contribution is -0.139. The Morgan fingerprint density at radius 3 is 2.42 bits per heavy atom. The maximum Gasteiger partial charge on any atom is 0.421 e. The summed E-state index contributed by atoms with van der Waals surface area (Å²) in [7, 11) is 2.65. The summed E-state index contributed by atoms with van der Waals surface area (Å²) in [4.78, 5) is 22.2. The Balaban J connectivity index is 2.07. The number of halogens is 3. The van der Waals surface area contributed by atoms with Crippen LogP contribution in [0.15, 0.2) is 6.07 Å². The second-order valence-electron chi connectivity index (χ2n) is 7.61. The van der Waals surface area contributed by atoms with Crippen LogP contribution in [0.5, 0.6) is 5.88 Å². The van der Waals surface area contributed by atoms with Gasteiger partial charge in [-0.2, -0.15) is 18.2 Å². The molecule has 0 spiro atoms. The Kier molecular flexibility index (Phi) is 4.33. The van der Waals surface area contributed by atoms with Crippen molar-refractivity contribution in [1.82, 2.24) is 9.88 Å². The number of carbonyl (C=O) groups excluding carboxylic acids is 1. The topological polar surface area (TPSA) is 48.9 Å². The van der Waals surface area contributed by atoms with Gasteiger partial charge in [-0.05, 0) is 26.8 Å². The highest BCUT2D eigenvalue weighted by atomic mass is 19.4. The highest BCUT2D eigenvalue weighted by Gasteiger charge is 2.45. The van der Waals surface area contributed by atoms with Crippen molar-refractivity contribution in [3.05, 3.63) is 11.6 Å². The van der Waals surface area contributed by atoms with Gasteiger partial charge in [0.25, 0.3) is 5.91 Å². The van der Waals surface area contributed by atoms with Gasteiger partial charge in [0.05, 0.1) is 12.8 Å². The van der Waals surface area contributed by atoms with Crippen molar-refractivity contribution in [1.29, 1.82) is 0 Å². The molecule has 1 atom stereocenters. The lowest BCUT2D eigenvalue weighted by atomic mass is 9.99. The monoisotopic (exact) mass is 372 g/mol. The third-order valence-corrected chi connectivity index (χ3v) is 5.02. The first-order valence-electron chi connectivity index (χ1n) is 8.40. The summed E-state index contributed by atoms with van der Waals surface area (Å²) >= 11 is 0. The molecule has 1 aromatic heterocycles. The third-order valence-electron chi connectivity index (χ3n) is 5.02. The molecule has 1 saturated heterocycles. The Bertz CT molecular complexity index is 730. The highest BCUT2D eigenvalue weighted by molar-refractivity contribution is 6.05. The molecule has 0 radical (unpaired) electrons. The molecule has 0 aromatic carbocycles. The largest absolute Gasteiger partial charge is 0.481 e. The molecule has 2 aliphatic rings. The number of carbonyl (C=O) groups is 1. The number of nitrogens with zero attached hydrogens (tertiary/aromatic N) is 4. The second kappa shape index (κ2) is 6.00. The molecule has 144 valence electrons. The molecule has 0 bridgehead atoms. The van der Waals surface area contributed by atoms with Crippen LogP contribution >= 0.6 is 0 Å². The summed E-state index contributed by atoms with van der Waals surface area (Å²) in [6.45, 7) is 7.92. The van der Waals surface area contributed by atoms with Gasteiger partial charge in [0.15, 0.2) is 5.82 Å². The predicted octanol–water partition coefficient (Wildman–Crippen LogP) is 2.37. The van der Waals surface area contributed by atoms with E-state index in [-0.39, 0.29) is 17.1 Å². The number of piperazine rings is 1. The molecular weight excluding hydrogens is 349 g/mol. The molecule has 0 N–H and O–H groups in total. The molecule has 2 aliphatic heterocycles. The van der Waals surface area contributed by atoms with Gasteiger partial charge in [-0.3, -0.25) is 9.69 Å². The average Bonchev–Trinajstić information content (AvgIpc) is 2.56. The van der Waals surface area contributed by atoms with Gasteiger partial charge in [0, 0.05) is 32.2 Å². The Hall–Kier alpha value is -2.03. The predicted molar refractivity (Wildman–Crippen MR) is 91.7 cm³/mol. The van der Waals surface area contributed by atoms with Crippen LogP contribution in [0.1, 0.15) is 26.3 Å². The van der Waals surface area contributed by atoms with Crippen molar-refractivity contribution in [3.8, 4) is 5.88 Å². The molecule has 26 heavy (non-hydrogen) atoms. The van der Waals surface area contributed by atoms with Crippen LogP contribution in [0.2, 0.25) is 0 Å². The minimum Gasteiger partial charge on any atom is -0.481 e. The molecule has 1 amide bonds. The van der Waals surface area contributed by atoms with E-state index in [0.717, 1.165) is 13.2 Å². The van der Waals surface area contributed by atoms with E-state index < -0.39 is 23.7 Å². The van der Waals surface area contributed by atoms with E-state index in [2.05, 4.69) is 30.7 Å². The summed E-state index contributed by atoms with van der Waals surface area (Å²) in [5.41, 5.74) is -0.926. The summed E-state index contributed by atoms with van der Waals surface area (Å²) in [5.74, 6) is -0.349. The number of alkyl halides is 3. The van der Waals surface area contributed by atoms with E-state index in [0.29, 0.717) is 25.5 Å². The molecule has 0 unspecified atom stereocenters. The van der Waals surface area contributed by atoms with E-state index in [9.17, 15) is 18.0 Å². The van der Waals surface area contributed by atoms with Crippen LogP contribution < -0.4 is 14.5 Å². The molecule has 9 heteroatoms. The molecule has 6 nitrogen and oxygen atoms in total. The van der Waals surface area contributed by atoms with Crippen molar-refractivity contribution in [2.45, 2.75) is 38.5 Å². The number of aromatic nitrogens is 1. The van der Waals surface area contributed by atoms with Crippen LogP contribution in [0.25, 0.3) is 0 Å². The summed E-state index contributed by atoms with van der Waals surface area (Å²) in [5, 5.41) is 0. The number of anilines is 2. The molecule has 0 aliphatic carbocycles. The van der Waals surface area contributed by atoms with Gasteiger partial charge in [-0.25, -0.2) is 0 Å². The number of rotatable bonds is 1. The number of hydrogen-bond donors (Lipinski definition) is 0. The van der Waals surface area contributed by atoms with E-state index >= 15 is 0 Å².